The number of amides is 3. The Morgan fingerprint density at radius 3 is 2.24 bits per heavy atom. The van der Waals surface area contributed by atoms with Crippen molar-refractivity contribution in [2.24, 2.45) is 0 Å². The van der Waals surface area contributed by atoms with Crippen molar-refractivity contribution in [2.45, 2.75) is 44.8 Å². The molecule has 0 aromatic heterocycles. The van der Waals surface area contributed by atoms with Crippen LogP contribution in [0.15, 0.2) is 78.9 Å². The summed E-state index contributed by atoms with van der Waals surface area (Å²) in [7, 11) is 0. The molecule has 0 spiro atoms. The summed E-state index contributed by atoms with van der Waals surface area (Å²) in [5, 5.41) is 15.2. The molecule has 0 unspecified atom stereocenters. The predicted molar refractivity (Wildman–Crippen MR) is 139 cm³/mol. The van der Waals surface area contributed by atoms with Gasteiger partial charge >= 0.3 is 5.97 Å². The monoisotopic (exact) mass is 499 g/mol. The van der Waals surface area contributed by atoms with Crippen LogP contribution in [-0.4, -0.2) is 45.8 Å². The number of hydrogen-bond donors (Lipinski definition) is 3. The number of anilines is 1. The summed E-state index contributed by atoms with van der Waals surface area (Å²) in [4.78, 5) is 51.3. The maximum Gasteiger partial charge on any atom is 0.326 e. The summed E-state index contributed by atoms with van der Waals surface area (Å²) in [5.74, 6) is -2.01. The number of carboxylic acid groups (broad SMARTS) is 1. The van der Waals surface area contributed by atoms with Crippen LogP contribution in [0.2, 0.25) is 0 Å². The molecule has 2 atom stereocenters. The van der Waals surface area contributed by atoms with Gasteiger partial charge in [0, 0.05) is 30.6 Å². The first-order chi connectivity index (χ1) is 17.8. The van der Waals surface area contributed by atoms with Gasteiger partial charge in [0.2, 0.25) is 11.8 Å². The van der Waals surface area contributed by atoms with Gasteiger partial charge in [-0.25, -0.2) is 4.79 Å². The quantitative estimate of drug-likeness (QED) is 0.416. The third kappa shape index (κ3) is 6.61. The summed E-state index contributed by atoms with van der Waals surface area (Å²) in [6, 6.07) is 21.5. The number of likely N-dealkylation sites (tertiary alicyclic amines) is 1. The van der Waals surface area contributed by atoms with Crippen molar-refractivity contribution in [3.05, 3.63) is 101 Å². The zero-order chi connectivity index (χ0) is 26.4. The fourth-order valence-electron chi connectivity index (χ4n) is 4.32. The minimum atomic E-state index is -1.16. The van der Waals surface area contributed by atoms with E-state index in [-0.39, 0.29) is 24.7 Å². The number of nitrogens with one attached hydrogen (secondary N) is 2. The molecule has 8 nitrogen and oxygen atoms in total. The van der Waals surface area contributed by atoms with E-state index in [0.717, 1.165) is 11.1 Å². The summed E-state index contributed by atoms with van der Waals surface area (Å²) in [5.41, 5.74) is 3.80. The Labute approximate surface area is 215 Å². The highest BCUT2D eigenvalue weighted by molar-refractivity contribution is 6.04. The molecule has 1 fully saturated rings. The Morgan fingerprint density at radius 1 is 0.946 bits per heavy atom. The van der Waals surface area contributed by atoms with Gasteiger partial charge in [0.15, 0.2) is 0 Å². The average Bonchev–Trinajstić information content (AvgIpc) is 3.26. The third-order valence-electron chi connectivity index (χ3n) is 6.41. The summed E-state index contributed by atoms with van der Waals surface area (Å²) < 4.78 is 0. The van der Waals surface area contributed by atoms with Crippen molar-refractivity contribution in [1.29, 1.82) is 0 Å². The van der Waals surface area contributed by atoms with Crippen molar-refractivity contribution in [3.63, 3.8) is 0 Å². The molecule has 0 aliphatic carbocycles. The largest absolute Gasteiger partial charge is 0.480 e. The number of carbonyl (C=O) groups is 4. The molecule has 37 heavy (non-hydrogen) atoms. The zero-order valence-electron chi connectivity index (χ0n) is 20.5. The fraction of sp³-hybridized carbons (Fsp3) is 0.241. The van der Waals surface area contributed by atoms with Gasteiger partial charge in [-0.1, -0.05) is 60.2 Å². The number of aliphatic carboxylic acids is 1. The number of rotatable bonds is 9. The lowest BCUT2D eigenvalue weighted by Crippen LogP contribution is -2.50. The molecule has 0 saturated carbocycles. The second-order valence-corrected chi connectivity index (χ2v) is 9.18. The lowest BCUT2D eigenvalue weighted by molar-refractivity contribution is -0.143. The van der Waals surface area contributed by atoms with Crippen LogP contribution in [0.3, 0.4) is 0 Å². The first-order valence-electron chi connectivity index (χ1n) is 12.1. The Balaban J connectivity index is 1.38. The molecular weight excluding hydrogens is 470 g/mol. The molecule has 1 aliphatic rings. The molecule has 3 aromatic carbocycles. The first-order valence-corrected chi connectivity index (χ1v) is 12.1. The molecule has 1 heterocycles. The normalized spacial score (nSPS) is 15.8. The maximum atomic E-state index is 13.0. The van der Waals surface area contributed by atoms with E-state index in [4.69, 9.17) is 0 Å². The van der Waals surface area contributed by atoms with Crippen LogP contribution in [0.1, 0.15) is 39.9 Å². The van der Waals surface area contributed by atoms with Gasteiger partial charge < -0.3 is 20.6 Å². The summed E-state index contributed by atoms with van der Waals surface area (Å²) in [6.07, 6.45) is 0.656. The first kappa shape index (κ1) is 25.6. The number of carboxylic acids is 1. The Bertz CT molecular complexity index is 1270. The number of hydrogen-bond acceptors (Lipinski definition) is 4. The number of benzene rings is 3. The van der Waals surface area contributed by atoms with Gasteiger partial charge in [-0.15, -0.1) is 0 Å². The zero-order valence-corrected chi connectivity index (χ0v) is 20.5. The highest BCUT2D eigenvalue weighted by Crippen LogP contribution is 2.22. The molecule has 1 saturated heterocycles. The second-order valence-electron chi connectivity index (χ2n) is 9.18. The van der Waals surface area contributed by atoms with Crippen molar-refractivity contribution in [1.82, 2.24) is 10.2 Å². The second kappa shape index (κ2) is 11.5. The van der Waals surface area contributed by atoms with Crippen molar-refractivity contribution >= 4 is 29.4 Å². The van der Waals surface area contributed by atoms with E-state index in [2.05, 4.69) is 10.6 Å². The molecule has 4 rings (SSSR count). The van der Waals surface area contributed by atoms with E-state index in [0.29, 0.717) is 29.8 Å². The van der Waals surface area contributed by atoms with E-state index in [1.165, 1.54) is 4.90 Å². The molecule has 0 radical (unpaired) electrons. The standard InChI is InChI=1S/C29H29N3O5/c1-19-7-9-21(10-8-19)18-32-25(15-16-26(32)33)28(35)31-24(29(36)37)17-20-11-13-23(14-12-20)30-27(34)22-5-3-2-4-6-22/h2-14,24-25H,15-18H2,1H3,(H,30,34)(H,31,35)(H,36,37)/t24-,25-/m0/s1. The molecule has 3 amide bonds. The SMILES string of the molecule is Cc1ccc(CN2C(=O)CC[C@H]2C(=O)N[C@@H](Cc2ccc(NC(=O)c3ccccc3)cc2)C(=O)O)cc1. The van der Waals surface area contributed by atoms with Gasteiger partial charge in [0.05, 0.1) is 0 Å². The Hall–Kier alpha value is -4.46. The van der Waals surface area contributed by atoms with Crippen LogP contribution >= 0.6 is 0 Å². The van der Waals surface area contributed by atoms with E-state index in [1.807, 2.05) is 37.3 Å². The van der Waals surface area contributed by atoms with Crippen LogP contribution < -0.4 is 10.6 Å². The molecule has 0 bridgehead atoms. The molecule has 8 heteroatoms. The van der Waals surface area contributed by atoms with Crippen molar-refractivity contribution < 1.29 is 24.3 Å². The van der Waals surface area contributed by atoms with Gasteiger partial charge in [-0.2, -0.15) is 0 Å². The predicted octanol–water partition coefficient (Wildman–Crippen LogP) is 3.55. The fourth-order valence-corrected chi connectivity index (χ4v) is 4.32. The third-order valence-corrected chi connectivity index (χ3v) is 6.41. The number of aryl methyl sites for hydroxylation is 1. The van der Waals surface area contributed by atoms with Crippen molar-refractivity contribution in [3.8, 4) is 0 Å². The Kier molecular flexibility index (Phi) is 7.98. The number of carbonyl (C=O) groups excluding carboxylic acids is 3. The smallest absolute Gasteiger partial charge is 0.326 e. The van der Waals surface area contributed by atoms with Gasteiger partial charge in [0.1, 0.15) is 12.1 Å². The minimum absolute atomic E-state index is 0.0621. The summed E-state index contributed by atoms with van der Waals surface area (Å²) in [6.45, 7) is 2.27. The lowest BCUT2D eigenvalue weighted by Gasteiger charge is -2.26. The molecule has 1 aliphatic heterocycles. The van der Waals surface area contributed by atoms with Crippen LogP contribution in [0.4, 0.5) is 5.69 Å². The van der Waals surface area contributed by atoms with E-state index < -0.39 is 24.0 Å². The highest BCUT2D eigenvalue weighted by Gasteiger charge is 2.37. The van der Waals surface area contributed by atoms with Crippen molar-refractivity contribution in [2.75, 3.05) is 5.32 Å². The van der Waals surface area contributed by atoms with E-state index >= 15 is 0 Å². The molecular formula is C29H29N3O5. The number of nitrogens with zero attached hydrogens (tertiary/aromatic N) is 1. The summed E-state index contributed by atoms with van der Waals surface area (Å²) >= 11 is 0. The molecule has 3 aromatic rings. The molecule has 190 valence electrons. The van der Waals surface area contributed by atoms with Crippen LogP contribution in [-0.2, 0) is 27.3 Å². The van der Waals surface area contributed by atoms with Gasteiger partial charge in [-0.3, -0.25) is 14.4 Å². The van der Waals surface area contributed by atoms with E-state index in [1.54, 1.807) is 48.5 Å². The van der Waals surface area contributed by atoms with Gasteiger partial charge in [0.25, 0.3) is 5.91 Å². The molecule has 3 N–H and O–H groups in total. The maximum absolute atomic E-state index is 13.0. The Morgan fingerprint density at radius 2 is 1.59 bits per heavy atom. The highest BCUT2D eigenvalue weighted by atomic mass is 16.4. The topological polar surface area (TPSA) is 116 Å². The van der Waals surface area contributed by atoms with Crippen LogP contribution in [0.5, 0.6) is 0 Å². The average molecular weight is 500 g/mol. The lowest BCUT2D eigenvalue weighted by atomic mass is 10.0. The van der Waals surface area contributed by atoms with Crippen LogP contribution in [0.25, 0.3) is 0 Å². The van der Waals surface area contributed by atoms with Crippen LogP contribution in [0, 0.1) is 6.92 Å². The van der Waals surface area contributed by atoms with Gasteiger partial charge in [-0.05, 0) is 48.7 Å². The van der Waals surface area contributed by atoms with E-state index in [9.17, 15) is 24.3 Å². The minimum Gasteiger partial charge on any atom is -0.480 e.